The van der Waals surface area contributed by atoms with Crippen molar-refractivity contribution in [3.8, 4) is 11.5 Å². The second-order valence-electron chi connectivity index (χ2n) is 5.50. The molecular weight excluding hydrogens is 266 g/mol. The van der Waals surface area contributed by atoms with Gasteiger partial charge < -0.3 is 15.2 Å². The third kappa shape index (κ3) is 2.68. The Hall–Kier alpha value is -2.17. The second kappa shape index (κ2) is 5.31. The summed E-state index contributed by atoms with van der Waals surface area (Å²) in [6.07, 6.45) is 1.15. The quantitative estimate of drug-likeness (QED) is 0.938. The molecule has 0 spiro atoms. The third-order valence-electron chi connectivity index (χ3n) is 3.63. The van der Waals surface area contributed by atoms with E-state index in [0.717, 1.165) is 29.2 Å². The van der Waals surface area contributed by atoms with Gasteiger partial charge in [0.1, 0.15) is 23.4 Å². The van der Waals surface area contributed by atoms with Crippen molar-refractivity contribution in [2.45, 2.75) is 39.8 Å². The number of benzene rings is 1. The molecule has 1 aromatic heterocycles. The Kier molecular flexibility index (Phi) is 3.49. The molecule has 0 radical (unpaired) electrons. The van der Waals surface area contributed by atoms with Crippen LogP contribution in [0, 0.1) is 6.92 Å². The summed E-state index contributed by atoms with van der Waals surface area (Å²) in [6.45, 7) is 7.22. The van der Waals surface area contributed by atoms with E-state index in [1.165, 1.54) is 5.56 Å². The lowest BCUT2D eigenvalue weighted by molar-refractivity contribution is 0.254. The number of aryl methyl sites for hydroxylation is 1. The minimum absolute atomic E-state index is 0.224. The van der Waals surface area contributed by atoms with Gasteiger partial charge in [-0.1, -0.05) is 0 Å². The van der Waals surface area contributed by atoms with E-state index in [-0.39, 0.29) is 6.10 Å². The van der Waals surface area contributed by atoms with E-state index in [1.807, 2.05) is 19.9 Å². The van der Waals surface area contributed by atoms with Crippen LogP contribution in [0.2, 0.25) is 0 Å². The molecule has 5 nitrogen and oxygen atoms in total. The van der Waals surface area contributed by atoms with Crippen LogP contribution < -0.4 is 15.2 Å². The molecule has 0 fully saturated rings. The van der Waals surface area contributed by atoms with Gasteiger partial charge in [-0.2, -0.15) is 5.10 Å². The van der Waals surface area contributed by atoms with E-state index in [0.29, 0.717) is 19.0 Å². The van der Waals surface area contributed by atoms with Gasteiger partial charge in [-0.15, -0.1) is 0 Å². The largest absolute Gasteiger partial charge is 0.494 e. The van der Waals surface area contributed by atoms with E-state index < -0.39 is 0 Å². The number of nitrogens with zero attached hydrogens (tertiary/aromatic N) is 2. The number of fused-ring (bicyclic) bond motifs is 1. The number of aromatic nitrogens is 2. The molecule has 0 aliphatic carbocycles. The van der Waals surface area contributed by atoms with Crippen LogP contribution in [0.15, 0.2) is 18.2 Å². The summed E-state index contributed by atoms with van der Waals surface area (Å²) < 4.78 is 13.4. The van der Waals surface area contributed by atoms with Crippen LogP contribution in [0.1, 0.15) is 30.7 Å². The van der Waals surface area contributed by atoms with E-state index >= 15 is 0 Å². The average Bonchev–Trinajstić information content (AvgIpc) is 2.91. The van der Waals surface area contributed by atoms with Crippen LogP contribution in [0.5, 0.6) is 11.5 Å². The predicted octanol–water partition coefficient (Wildman–Crippen LogP) is 2.54. The number of ether oxygens (including phenoxy) is 2. The SMILES string of the molecule is CCOc1cc2c(cc1Cn1nc(C)cc1N)OC(C)C2. The molecule has 0 saturated heterocycles. The van der Waals surface area contributed by atoms with E-state index in [9.17, 15) is 0 Å². The zero-order chi connectivity index (χ0) is 15.0. The Morgan fingerprint density at radius 3 is 2.90 bits per heavy atom. The van der Waals surface area contributed by atoms with Gasteiger partial charge in [0.25, 0.3) is 0 Å². The van der Waals surface area contributed by atoms with Crippen molar-refractivity contribution >= 4 is 5.82 Å². The first kappa shape index (κ1) is 13.8. The average molecular weight is 287 g/mol. The summed E-state index contributed by atoms with van der Waals surface area (Å²) in [5.74, 6) is 2.50. The van der Waals surface area contributed by atoms with Crippen molar-refractivity contribution in [1.29, 1.82) is 0 Å². The van der Waals surface area contributed by atoms with Crippen molar-refractivity contribution < 1.29 is 9.47 Å². The van der Waals surface area contributed by atoms with Gasteiger partial charge in [-0.3, -0.25) is 0 Å². The van der Waals surface area contributed by atoms with Crippen LogP contribution in [-0.4, -0.2) is 22.5 Å². The lowest BCUT2D eigenvalue weighted by atomic mass is 10.1. The van der Waals surface area contributed by atoms with E-state index in [2.05, 4.69) is 24.2 Å². The fourth-order valence-electron chi connectivity index (χ4n) is 2.75. The number of nitrogens with two attached hydrogens (primary N) is 1. The monoisotopic (exact) mass is 287 g/mol. The van der Waals surface area contributed by atoms with Crippen molar-refractivity contribution in [3.63, 3.8) is 0 Å². The maximum absolute atomic E-state index is 5.98. The molecule has 2 heterocycles. The highest BCUT2D eigenvalue weighted by Crippen LogP contribution is 2.35. The van der Waals surface area contributed by atoms with Gasteiger partial charge >= 0.3 is 0 Å². The van der Waals surface area contributed by atoms with Gasteiger partial charge in [-0.05, 0) is 32.9 Å². The molecule has 2 aromatic rings. The highest BCUT2D eigenvalue weighted by molar-refractivity contribution is 5.49. The molecule has 1 aliphatic heterocycles. The first-order valence-corrected chi connectivity index (χ1v) is 7.32. The predicted molar refractivity (Wildman–Crippen MR) is 81.9 cm³/mol. The standard InChI is InChI=1S/C16H21N3O2/c1-4-20-14-7-12-6-11(3)21-15(12)8-13(14)9-19-16(17)5-10(2)18-19/h5,7-8,11H,4,6,9,17H2,1-3H3. The molecule has 1 aliphatic rings. The number of nitrogen functional groups attached to an aromatic ring is 1. The molecule has 0 bridgehead atoms. The molecule has 3 rings (SSSR count). The van der Waals surface area contributed by atoms with Crippen LogP contribution in [0.4, 0.5) is 5.82 Å². The fraction of sp³-hybridized carbons (Fsp3) is 0.438. The normalized spacial score (nSPS) is 16.6. The van der Waals surface area contributed by atoms with Gasteiger partial charge in [0.15, 0.2) is 0 Å². The molecule has 1 aromatic carbocycles. The van der Waals surface area contributed by atoms with Gasteiger partial charge in [0.2, 0.25) is 0 Å². The number of anilines is 1. The van der Waals surface area contributed by atoms with Crippen molar-refractivity contribution in [2.75, 3.05) is 12.3 Å². The summed E-state index contributed by atoms with van der Waals surface area (Å²) in [6, 6.07) is 6.01. The molecule has 0 amide bonds. The third-order valence-corrected chi connectivity index (χ3v) is 3.63. The lowest BCUT2D eigenvalue weighted by Gasteiger charge is -2.13. The summed E-state index contributed by atoms with van der Waals surface area (Å²) in [5, 5.41) is 4.41. The molecule has 0 saturated carbocycles. The summed E-state index contributed by atoms with van der Waals surface area (Å²) in [5.41, 5.74) is 9.14. The van der Waals surface area contributed by atoms with Crippen molar-refractivity contribution in [2.24, 2.45) is 0 Å². The topological polar surface area (TPSA) is 62.3 Å². The highest BCUT2D eigenvalue weighted by Gasteiger charge is 2.22. The summed E-state index contributed by atoms with van der Waals surface area (Å²) in [4.78, 5) is 0. The summed E-state index contributed by atoms with van der Waals surface area (Å²) in [7, 11) is 0. The van der Waals surface area contributed by atoms with E-state index in [1.54, 1.807) is 4.68 Å². The fourth-order valence-corrected chi connectivity index (χ4v) is 2.75. The lowest BCUT2D eigenvalue weighted by Crippen LogP contribution is -2.08. The van der Waals surface area contributed by atoms with Crippen LogP contribution >= 0.6 is 0 Å². The second-order valence-corrected chi connectivity index (χ2v) is 5.50. The molecule has 1 atom stereocenters. The van der Waals surface area contributed by atoms with Crippen LogP contribution in [0.3, 0.4) is 0 Å². The van der Waals surface area contributed by atoms with Gasteiger partial charge in [-0.25, -0.2) is 4.68 Å². The minimum atomic E-state index is 0.224. The van der Waals surface area contributed by atoms with Gasteiger partial charge in [0, 0.05) is 23.6 Å². The number of rotatable bonds is 4. The molecule has 21 heavy (non-hydrogen) atoms. The zero-order valence-electron chi connectivity index (χ0n) is 12.7. The first-order valence-electron chi connectivity index (χ1n) is 7.32. The Morgan fingerprint density at radius 2 is 2.24 bits per heavy atom. The first-order chi connectivity index (χ1) is 10.1. The maximum atomic E-state index is 5.98. The van der Waals surface area contributed by atoms with E-state index in [4.69, 9.17) is 15.2 Å². The molecule has 112 valence electrons. The zero-order valence-corrected chi connectivity index (χ0v) is 12.7. The Bertz CT molecular complexity index is 664. The highest BCUT2D eigenvalue weighted by atomic mass is 16.5. The number of hydrogen-bond donors (Lipinski definition) is 1. The van der Waals surface area contributed by atoms with Crippen LogP contribution in [-0.2, 0) is 13.0 Å². The van der Waals surface area contributed by atoms with Crippen LogP contribution in [0.25, 0.3) is 0 Å². The molecule has 1 unspecified atom stereocenters. The summed E-state index contributed by atoms with van der Waals surface area (Å²) >= 11 is 0. The maximum Gasteiger partial charge on any atom is 0.124 e. The smallest absolute Gasteiger partial charge is 0.124 e. The molecule has 5 heteroatoms. The molecule has 2 N–H and O–H groups in total. The Labute approximate surface area is 124 Å². The van der Waals surface area contributed by atoms with Crippen molar-refractivity contribution in [1.82, 2.24) is 9.78 Å². The Morgan fingerprint density at radius 1 is 1.43 bits per heavy atom. The minimum Gasteiger partial charge on any atom is -0.494 e. The number of hydrogen-bond acceptors (Lipinski definition) is 4. The van der Waals surface area contributed by atoms with Gasteiger partial charge in [0.05, 0.1) is 18.8 Å². The molecular formula is C16H21N3O2. The van der Waals surface area contributed by atoms with Crippen molar-refractivity contribution in [3.05, 3.63) is 35.0 Å². The Balaban J connectivity index is 1.96.